The van der Waals surface area contributed by atoms with Crippen LogP contribution in [0.1, 0.15) is 36.4 Å². The van der Waals surface area contributed by atoms with Gasteiger partial charge >= 0.3 is 0 Å². The molecule has 1 amide bonds. The van der Waals surface area contributed by atoms with Crippen molar-refractivity contribution in [3.63, 3.8) is 0 Å². The first-order valence-corrected chi connectivity index (χ1v) is 10.6. The van der Waals surface area contributed by atoms with Crippen molar-refractivity contribution in [3.8, 4) is 0 Å². The number of aryl methyl sites for hydroxylation is 2. The number of piperidine rings is 1. The Morgan fingerprint density at radius 2 is 1.93 bits per heavy atom. The van der Waals surface area contributed by atoms with Crippen molar-refractivity contribution in [3.05, 3.63) is 70.3 Å². The van der Waals surface area contributed by atoms with Gasteiger partial charge < -0.3 is 14.0 Å². The number of likely N-dealkylation sites (tertiary alicyclic amines) is 1. The van der Waals surface area contributed by atoms with E-state index in [4.69, 9.17) is 0 Å². The lowest BCUT2D eigenvalue weighted by atomic mass is 9.83. The number of amides is 1. The van der Waals surface area contributed by atoms with Crippen LogP contribution in [-0.4, -0.2) is 33.0 Å². The molecule has 3 aromatic rings. The van der Waals surface area contributed by atoms with E-state index in [1.54, 1.807) is 6.07 Å². The standard InChI is InChI=1S/C24H27N3O2/c1-25-15-18(20-7-2-3-8-22(20)25)6-4-10-23(28)26-13-17-12-19(16-26)21-9-5-11-24(29)27(21)14-17/h2-3,5,7-9,11,15,17,19H,4,6,10,12-14,16H2,1H3/t17-,19+/m1/s1. The largest absolute Gasteiger partial charge is 0.350 e. The summed E-state index contributed by atoms with van der Waals surface area (Å²) in [5, 5.41) is 1.29. The molecule has 0 saturated carbocycles. The summed E-state index contributed by atoms with van der Waals surface area (Å²) in [6.07, 6.45) is 5.66. The second-order valence-corrected chi connectivity index (χ2v) is 8.63. The average molecular weight is 389 g/mol. The van der Waals surface area contributed by atoms with E-state index in [0.29, 0.717) is 18.3 Å². The van der Waals surface area contributed by atoms with E-state index >= 15 is 0 Å². The average Bonchev–Trinajstić information content (AvgIpc) is 3.05. The molecule has 0 N–H and O–H groups in total. The molecule has 2 aromatic heterocycles. The highest BCUT2D eigenvalue weighted by Crippen LogP contribution is 2.35. The second-order valence-electron chi connectivity index (χ2n) is 8.63. The third-order valence-electron chi connectivity index (χ3n) is 6.65. The van der Waals surface area contributed by atoms with E-state index in [1.165, 1.54) is 16.5 Å². The van der Waals surface area contributed by atoms with Crippen molar-refractivity contribution in [1.29, 1.82) is 0 Å². The van der Waals surface area contributed by atoms with Gasteiger partial charge in [-0.15, -0.1) is 0 Å². The minimum atomic E-state index is 0.0899. The number of hydrogen-bond donors (Lipinski definition) is 0. The lowest BCUT2D eigenvalue weighted by Gasteiger charge is -2.42. The number of benzene rings is 1. The molecule has 5 rings (SSSR count). The predicted octanol–water partition coefficient (Wildman–Crippen LogP) is 3.31. The fraction of sp³-hybridized carbons (Fsp3) is 0.417. The Kier molecular flexibility index (Phi) is 4.53. The van der Waals surface area contributed by atoms with Gasteiger partial charge in [-0.25, -0.2) is 0 Å². The first-order chi connectivity index (χ1) is 14.1. The van der Waals surface area contributed by atoms with Crippen LogP contribution in [0.5, 0.6) is 0 Å². The number of pyridine rings is 1. The topological polar surface area (TPSA) is 47.2 Å². The third-order valence-corrected chi connectivity index (χ3v) is 6.65. The molecule has 0 aliphatic carbocycles. The number of aromatic nitrogens is 2. The number of nitrogens with zero attached hydrogens (tertiary/aromatic N) is 3. The van der Waals surface area contributed by atoms with Gasteiger partial charge in [0.2, 0.25) is 5.91 Å². The molecule has 0 radical (unpaired) electrons. The summed E-state index contributed by atoms with van der Waals surface area (Å²) in [5.41, 5.74) is 3.75. The Morgan fingerprint density at radius 3 is 2.83 bits per heavy atom. The van der Waals surface area contributed by atoms with E-state index < -0.39 is 0 Å². The van der Waals surface area contributed by atoms with Crippen LogP contribution in [0.4, 0.5) is 0 Å². The summed E-state index contributed by atoms with van der Waals surface area (Å²) in [4.78, 5) is 27.1. The summed E-state index contributed by atoms with van der Waals surface area (Å²) in [6.45, 7) is 2.27. The van der Waals surface area contributed by atoms with Crippen LogP contribution in [0, 0.1) is 5.92 Å². The summed E-state index contributed by atoms with van der Waals surface area (Å²) in [5.74, 6) is 0.938. The fourth-order valence-electron chi connectivity index (χ4n) is 5.31. The van der Waals surface area contributed by atoms with Crippen LogP contribution in [0.15, 0.2) is 53.5 Å². The van der Waals surface area contributed by atoms with Crippen molar-refractivity contribution in [2.24, 2.45) is 13.0 Å². The van der Waals surface area contributed by atoms with Gasteiger partial charge in [0.15, 0.2) is 0 Å². The van der Waals surface area contributed by atoms with E-state index in [9.17, 15) is 9.59 Å². The first kappa shape index (κ1) is 18.2. The number of para-hydroxylation sites is 1. The smallest absolute Gasteiger partial charge is 0.250 e. The zero-order valence-corrected chi connectivity index (χ0v) is 16.9. The van der Waals surface area contributed by atoms with Gasteiger partial charge in [-0.3, -0.25) is 9.59 Å². The molecule has 1 aromatic carbocycles. The lowest BCUT2D eigenvalue weighted by Crippen LogP contribution is -2.49. The highest BCUT2D eigenvalue weighted by molar-refractivity contribution is 5.84. The SMILES string of the molecule is Cn1cc(CCCC(=O)N2C[C@H]3C[C@@H](C2)c2cccc(=O)n2C3)c2ccccc21. The zero-order valence-electron chi connectivity index (χ0n) is 16.9. The normalized spacial score (nSPS) is 20.7. The zero-order chi connectivity index (χ0) is 20.0. The Bertz CT molecular complexity index is 1130. The number of carbonyl (C=O) groups is 1. The van der Waals surface area contributed by atoms with E-state index in [-0.39, 0.29) is 11.5 Å². The third kappa shape index (κ3) is 3.28. The number of carbonyl (C=O) groups excluding carboxylic acids is 1. The Hall–Kier alpha value is -2.82. The summed E-state index contributed by atoms with van der Waals surface area (Å²) < 4.78 is 4.08. The summed E-state index contributed by atoms with van der Waals surface area (Å²) in [7, 11) is 2.08. The summed E-state index contributed by atoms with van der Waals surface area (Å²) in [6, 6.07) is 14.0. The molecule has 150 valence electrons. The maximum atomic E-state index is 12.9. The van der Waals surface area contributed by atoms with Crippen LogP contribution in [0.2, 0.25) is 0 Å². The molecule has 4 heterocycles. The predicted molar refractivity (Wildman–Crippen MR) is 114 cm³/mol. The molecule has 1 saturated heterocycles. The number of rotatable bonds is 4. The second kappa shape index (κ2) is 7.21. The summed E-state index contributed by atoms with van der Waals surface area (Å²) >= 11 is 0. The first-order valence-electron chi connectivity index (χ1n) is 10.6. The maximum Gasteiger partial charge on any atom is 0.250 e. The molecule has 2 aliphatic heterocycles. The van der Waals surface area contributed by atoms with Gasteiger partial charge in [0.1, 0.15) is 0 Å². The van der Waals surface area contributed by atoms with Crippen LogP contribution < -0.4 is 5.56 Å². The van der Waals surface area contributed by atoms with Gasteiger partial charge in [0.25, 0.3) is 5.56 Å². The van der Waals surface area contributed by atoms with Gasteiger partial charge in [-0.1, -0.05) is 24.3 Å². The molecule has 2 bridgehead atoms. The molecule has 5 nitrogen and oxygen atoms in total. The molecule has 5 heteroatoms. The van der Waals surface area contributed by atoms with Gasteiger partial charge in [-0.05, 0) is 42.9 Å². The molecule has 29 heavy (non-hydrogen) atoms. The molecule has 0 spiro atoms. The van der Waals surface area contributed by atoms with Crippen LogP contribution >= 0.6 is 0 Å². The van der Waals surface area contributed by atoms with Gasteiger partial charge in [0, 0.05) is 67.9 Å². The van der Waals surface area contributed by atoms with Crippen molar-refractivity contribution < 1.29 is 4.79 Å². The number of hydrogen-bond acceptors (Lipinski definition) is 2. The number of fused-ring (bicyclic) bond motifs is 5. The molecular weight excluding hydrogens is 362 g/mol. The van der Waals surface area contributed by atoms with E-state index in [1.807, 2.05) is 15.5 Å². The van der Waals surface area contributed by atoms with Gasteiger partial charge in [0.05, 0.1) is 0 Å². The van der Waals surface area contributed by atoms with E-state index in [2.05, 4.69) is 48.1 Å². The van der Waals surface area contributed by atoms with Crippen molar-refractivity contribution in [1.82, 2.24) is 14.0 Å². The minimum absolute atomic E-state index is 0.0899. The molecule has 0 unspecified atom stereocenters. The molecule has 2 atom stereocenters. The minimum Gasteiger partial charge on any atom is -0.350 e. The molecule has 1 fully saturated rings. The van der Waals surface area contributed by atoms with Crippen molar-refractivity contribution in [2.45, 2.75) is 38.1 Å². The highest BCUT2D eigenvalue weighted by atomic mass is 16.2. The van der Waals surface area contributed by atoms with Gasteiger partial charge in [-0.2, -0.15) is 0 Å². The van der Waals surface area contributed by atoms with Crippen molar-refractivity contribution in [2.75, 3.05) is 13.1 Å². The Labute approximate surface area is 170 Å². The van der Waals surface area contributed by atoms with E-state index in [0.717, 1.165) is 44.6 Å². The van der Waals surface area contributed by atoms with Crippen LogP contribution in [0.3, 0.4) is 0 Å². The highest BCUT2D eigenvalue weighted by Gasteiger charge is 2.35. The molecule has 2 aliphatic rings. The van der Waals surface area contributed by atoms with Crippen molar-refractivity contribution >= 4 is 16.8 Å². The molecular formula is C24H27N3O2. The quantitative estimate of drug-likeness (QED) is 0.687. The van der Waals surface area contributed by atoms with Crippen LogP contribution in [0.25, 0.3) is 10.9 Å². The Balaban J connectivity index is 1.24. The maximum absolute atomic E-state index is 12.9. The Morgan fingerprint density at radius 1 is 1.07 bits per heavy atom. The fourth-order valence-corrected chi connectivity index (χ4v) is 5.31. The van der Waals surface area contributed by atoms with Crippen LogP contribution in [-0.2, 0) is 24.8 Å². The lowest BCUT2D eigenvalue weighted by molar-refractivity contribution is -0.134. The monoisotopic (exact) mass is 389 g/mol.